The lowest BCUT2D eigenvalue weighted by Crippen LogP contribution is -2.18. The molecule has 0 saturated carbocycles. The van der Waals surface area contributed by atoms with Crippen molar-refractivity contribution in [1.29, 1.82) is 0 Å². The minimum atomic E-state index is -0.553. The summed E-state index contributed by atoms with van der Waals surface area (Å²) >= 11 is 0. The fourth-order valence-electron chi connectivity index (χ4n) is 2.68. The van der Waals surface area contributed by atoms with E-state index in [9.17, 15) is 9.59 Å². The maximum atomic E-state index is 12.2. The van der Waals surface area contributed by atoms with Crippen molar-refractivity contribution < 1.29 is 23.8 Å². The molecule has 0 spiro atoms. The van der Waals surface area contributed by atoms with E-state index in [1.807, 2.05) is 48.5 Å². The maximum Gasteiger partial charge on any atom is 0.349 e. The van der Waals surface area contributed by atoms with E-state index >= 15 is 0 Å². The number of carbonyl (C=O) groups excluding carboxylic acids is 2. The zero-order chi connectivity index (χ0) is 20.3. The number of benzene rings is 3. The molecule has 0 fully saturated rings. The van der Waals surface area contributed by atoms with Crippen molar-refractivity contribution in [3.63, 3.8) is 0 Å². The predicted molar refractivity (Wildman–Crippen MR) is 109 cm³/mol. The molecule has 0 aliphatic rings. The average molecular weight is 390 g/mol. The van der Waals surface area contributed by atoms with E-state index < -0.39 is 11.9 Å². The third-order valence-electron chi connectivity index (χ3n) is 4.09. The Morgan fingerprint density at radius 2 is 1.45 bits per heavy atom. The standard InChI is InChI=1S/C24H22O5/c25-23(18-28-21-13-5-2-6-14-21)29-22-15-7-12-20(17-22)24(26)27-16-8-11-19-9-3-1-4-10-19/h1-7,9-10,12-15,17H,8,11,16,18H2. The quantitative estimate of drug-likeness (QED) is 0.307. The fourth-order valence-corrected chi connectivity index (χ4v) is 2.68. The molecular formula is C24H22O5. The van der Waals surface area contributed by atoms with E-state index in [0.717, 1.165) is 12.8 Å². The third kappa shape index (κ3) is 6.81. The monoisotopic (exact) mass is 390 g/mol. The van der Waals surface area contributed by atoms with Gasteiger partial charge < -0.3 is 14.2 Å². The van der Waals surface area contributed by atoms with Gasteiger partial charge in [0.15, 0.2) is 6.61 Å². The highest BCUT2D eigenvalue weighted by Gasteiger charge is 2.11. The molecule has 0 aromatic heterocycles. The number of aryl methyl sites for hydroxylation is 1. The highest BCUT2D eigenvalue weighted by atomic mass is 16.6. The number of hydrogen-bond donors (Lipinski definition) is 0. The van der Waals surface area contributed by atoms with Crippen LogP contribution in [0.5, 0.6) is 11.5 Å². The van der Waals surface area contributed by atoms with Crippen LogP contribution in [-0.4, -0.2) is 25.2 Å². The van der Waals surface area contributed by atoms with Crippen molar-refractivity contribution in [3.05, 3.63) is 96.1 Å². The molecule has 148 valence electrons. The lowest BCUT2D eigenvalue weighted by atomic mass is 10.1. The minimum Gasteiger partial charge on any atom is -0.482 e. The molecule has 5 nitrogen and oxygen atoms in total. The highest BCUT2D eigenvalue weighted by molar-refractivity contribution is 5.90. The van der Waals surface area contributed by atoms with Crippen molar-refractivity contribution in [2.75, 3.05) is 13.2 Å². The number of carbonyl (C=O) groups is 2. The largest absolute Gasteiger partial charge is 0.482 e. The molecule has 0 atom stereocenters. The molecule has 0 bridgehead atoms. The molecule has 0 saturated heterocycles. The summed E-state index contributed by atoms with van der Waals surface area (Å²) in [5.74, 6) is -0.151. The topological polar surface area (TPSA) is 61.8 Å². The Labute approximate surface area is 169 Å². The Kier molecular flexibility index (Phi) is 7.41. The second-order valence-corrected chi connectivity index (χ2v) is 6.33. The molecule has 5 heteroatoms. The van der Waals surface area contributed by atoms with Gasteiger partial charge in [-0.15, -0.1) is 0 Å². The van der Waals surface area contributed by atoms with E-state index in [-0.39, 0.29) is 12.4 Å². The molecule has 0 aliphatic carbocycles. The molecule has 0 amide bonds. The van der Waals surface area contributed by atoms with Crippen LogP contribution >= 0.6 is 0 Å². The van der Waals surface area contributed by atoms with E-state index in [1.54, 1.807) is 30.3 Å². The van der Waals surface area contributed by atoms with E-state index in [0.29, 0.717) is 17.9 Å². The molecule has 3 aromatic carbocycles. The smallest absolute Gasteiger partial charge is 0.349 e. The first-order chi connectivity index (χ1) is 14.2. The fraction of sp³-hybridized carbons (Fsp3) is 0.167. The van der Waals surface area contributed by atoms with Crippen LogP contribution in [0.3, 0.4) is 0 Å². The summed E-state index contributed by atoms with van der Waals surface area (Å²) in [5, 5.41) is 0. The first kappa shape index (κ1) is 20.1. The van der Waals surface area contributed by atoms with Gasteiger partial charge in [0.25, 0.3) is 0 Å². The van der Waals surface area contributed by atoms with Crippen molar-refractivity contribution in [2.45, 2.75) is 12.8 Å². The lowest BCUT2D eigenvalue weighted by molar-refractivity contribution is -0.136. The molecular weight excluding hydrogens is 368 g/mol. The van der Waals surface area contributed by atoms with Crippen LogP contribution in [0.1, 0.15) is 22.3 Å². The second kappa shape index (κ2) is 10.7. The molecule has 0 N–H and O–H groups in total. The summed E-state index contributed by atoms with van der Waals surface area (Å²) in [4.78, 5) is 24.2. The number of para-hydroxylation sites is 1. The summed E-state index contributed by atoms with van der Waals surface area (Å²) in [5.41, 5.74) is 1.54. The second-order valence-electron chi connectivity index (χ2n) is 6.33. The summed E-state index contributed by atoms with van der Waals surface area (Å²) in [7, 11) is 0. The minimum absolute atomic E-state index is 0.224. The van der Waals surface area contributed by atoms with Gasteiger partial charge in [0.1, 0.15) is 11.5 Å². The van der Waals surface area contributed by atoms with E-state index in [2.05, 4.69) is 0 Å². The summed E-state index contributed by atoms with van der Waals surface area (Å²) < 4.78 is 15.9. The molecule has 0 aliphatic heterocycles. The normalized spacial score (nSPS) is 10.2. The Morgan fingerprint density at radius 3 is 2.21 bits per heavy atom. The first-order valence-electron chi connectivity index (χ1n) is 9.40. The van der Waals surface area contributed by atoms with Gasteiger partial charge in [-0.05, 0) is 48.7 Å². The van der Waals surface area contributed by atoms with Crippen LogP contribution in [0.15, 0.2) is 84.9 Å². The molecule has 29 heavy (non-hydrogen) atoms. The zero-order valence-corrected chi connectivity index (χ0v) is 16.0. The third-order valence-corrected chi connectivity index (χ3v) is 4.09. The number of esters is 2. The summed E-state index contributed by atoms with van der Waals surface area (Å²) in [6, 6.07) is 25.4. The maximum absolute atomic E-state index is 12.2. The van der Waals surface area contributed by atoms with Gasteiger partial charge in [-0.3, -0.25) is 0 Å². The van der Waals surface area contributed by atoms with Crippen LogP contribution in [0.2, 0.25) is 0 Å². The van der Waals surface area contributed by atoms with Gasteiger partial charge in [0.2, 0.25) is 0 Å². The van der Waals surface area contributed by atoms with Crippen molar-refractivity contribution in [3.8, 4) is 11.5 Å². The van der Waals surface area contributed by atoms with Crippen LogP contribution in [0.25, 0.3) is 0 Å². The van der Waals surface area contributed by atoms with Crippen molar-refractivity contribution in [2.24, 2.45) is 0 Å². The molecule has 0 heterocycles. The van der Waals surface area contributed by atoms with Crippen LogP contribution < -0.4 is 9.47 Å². The van der Waals surface area contributed by atoms with E-state index in [1.165, 1.54) is 11.6 Å². The highest BCUT2D eigenvalue weighted by Crippen LogP contribution is 2.15. The molecule has 3 aromatic rings. The zero-order valence-electron chi connectivity index (χ0n) is 16.0. The molecule has 3 rings (SSSR count). The van der Waals surface area contributed by atoms with Crippen molar-refractivity contribution in [1.82, 2.24) is 0 Å². The Bertz CT molecular complexity index is 922. The van der Waals surface area contributed by atoms with Gasteiger partial charge in [0.05, 0.1) is 12.2 Å². The average Bonchev–Trinajstić information content (AvgIpc) is 2.77. The van der Waals surface area contributed by atoms with Gasteiger partial charge in [-0.25, -0.2) is 9.59 Å². The summed E-state index contributed by atoms with van der Waals surface area (Å²) in [6.45, 7) is 0.0980. The lowest BCUT2D eigenvalue weighted by Gasteiger charge is -2.08. The number of ether oxygens (including phenoxy) is 3. The van der Waals surface area contributed by atoms with Crippen LogP contribution in [0.4, 0.5) is 0 Å². The van der Waals surface area contributed by atoms with Gasteiger partial charge in [0, 0.05) is 0 Å². The Balaban J connectivity index is 1.44. The van der Waals surface area contributed by atoms with Crippen LogP contribution in [0, 0.1) is 0 Å². The van der Waals surface area contributed by atoms with Gasteiger partial charge in [-0.1, -0.05) is 54.6 Å². The molecule has 0 unspecified atom stereocenters. The molecule has 0 radical (unpaired) electrons. The van der Waals surface area contributed by atoms with Crippen LogP contribution in [-0.2, 0) is 16.0 Å². The summed E-state index contributed by atoms with van der Waals surface area (Å²) in [6.07, 6.45) is 1.58. The number of hydrogen-bond acceptors (Lipinski definition) is 5. The van der Waals surface area contributed by atoms with E-state index in [4.69, 9.17) is 14.2 Å². The Hall–Kier alpha value is -3.60. The van der Waals surface area contributed by atoms with Gasteiger partial charge >= 0.3 is 11.9 Å². The van der Waals surface area contributed by atoms with Gasteiger partial charge in [-0.2, -0.15) is 0 Å². The number of rotatable bonds is 9. The SMILES string of the molecule is O=C(COc1ccccc1)Oc1cccc(C(=O)OCCCc2ccccc2)c1. The predicted octanol–water partition coefficient (Wildman–Crippen LogP) is 4.46. The first-order valence-corrected chi connectivity index (χ1v) is 9.40. The van der Waals surface area contributed by atoms with Crippen molar-refractivity contribution >= 4 is 11.9 Å². The Morgan fingerprint density at radius 1 is 0.759 bits per heavy atom.